The van der Waals surface area contributed by atoms with Crippen LogP contribution in [-0.4, -0.2) is 50.8 Å². The third-order valence-electron chi connectivity index (χ3n) is 3.12. The molecule has 1 heterocycles. The van der Waals surface area contributed by atoms with Crippen LogP contribution >= 0.6 is 0 Å². The van der Waals surface area contributed by atoms with Gasteiger partial charge in [-0.2, -0.15) is 0 Å². The predicted molar refractivity (Wildman–Crippen MR) is 57.4 cm³/mol. The Morgan fingerprint density at radius 3 is 2.93 bits per heavy atom. The van der Waals surface area contributed by atoms with Crippen molar-refractivity contribution in [3.63, 3.8) is 0 Å². The van der Waals surface area contributed by atoms with Gasteiger partial charge in [0, 0.05) is 19.1 Å². The molecule has 2 fully saturated rings. The quantitative estimate of drug-likeness (QED) is 0.704. The van der Waals surface area contributed by atoms with Crippen molar-refractivity contribution in [3.05, 3.63) is 0 Å². The summed E-state index contributed by atoms with van der Waals surface area (Å²) < 4.78 is 5.43. The van der Waals surface area contributed by atoms with Crippen molar-refractivity contribution in [2.75, 3.05) is 39.9 Å². The molecule has 1 saturated heterocycles. The van der Waals surface area contributed by atoms with Crippen molar-refractivity contribution in [2.45, 2.75) is 25.3 Å². The minimum Gasteiger partial charge on any atom is -0.379 e. The zero-order chi connectivity index (χ0) is 9.80. The van der Waals surface area contributed by atoms with Crippen molar-refractivity contribution in [2.24, 2.45) is 5.92 Å². The van der Waals surface area contributed by atoms with Crippen LogP contribution in [0.4, 0.5) is 0 Å². The first-order valence-electron chi connectivity index (χ1n) is 5.84. The molecule has 3 heteroatoms. The van der Waals surface area contributed by atoms with Crippen molar-refractivity contribution >= 4 is 0 Å². The largest absolute Gasteiger partial charge is 0.379 e. The molecule has 0 spiro atoms. The first kappa shape index (κ1) is 10.4. The van der Waals surface area contributed by atoms with E-state index in [2.05, 4.69) is 17.3 Å². The summed E-state index contributed by atoms with van der Waals surface area (Å²) in [6, 6.07) is 0.588. The molecular formula is C11H22N2O. The Labute approximate surface area is 86.8 Å². The molecule has 2 rings (SSSR count). The molecule has 82 valence electrons. The molecule has 0 amide bonds. The van der Waals surface area contributed by atoms with Gasteiger partial charge in [0.2, 0.25) is 0 Å². The van der Waals surface area contributed by atoms with E-state index in [0.717, 1.165) is 25.7 Å². The van der Waals surface area contributed by atoms with E-state index >= 15 is 0 Å². The second kappa shape index (κ2) is 5.10. The molecule has 1 saturated carbocycles. The number of morpholine rings is 1. The highest BCUT2D eigenvalue weighted by atomic mass is 16.5. The van der Waals surface area contributed by atoms with Gasteiger partial charge >= 0.3 is 0 Å². The summed E-state index contributed by atoms with van der Waals surface area (Å²) in [5.74, 6) is 1.01. The monoisotopic (exact) mass is 198 g/mol. The van der Waals surface area contributed by atoms with Gasteiger partial charge in [-0.3, -0.25) is 0 Å². The van der Waals surface area contributed by atoms with Crippen LogP contribution in [0.3, 0.4) is 0 Å². The van der Waals surface area contributed by atoms with E-state index in [1.165, 1.54) is 32.4 Å². The van der Waals surface area contributed by atoms with Crippen molar-refractivity contribution in [3.8, 4) is 0 Å². The second-order valence-electron chi connectivity index (χ2n) is 4.72. The third kappa shape index (κ3) is 3.56. The van der Waals surface area contributed by atoms with Gasteiger partial charge in [0.15, 0.2) is 0 Å². The summed E-state index contributed by atoms with van der Waals surface area (Å²) in [4.78, 5) is 2.47. The van der Waals surface area contributed by atoms with E-state index in [0.29, 0.717) is 6.04 Å². The van der Waals surface area contributed by atoms with Gasteiger partial charge in [0.25, 0.3) is 0 Å². The van der Waals surface area contributed by atoms with Crippen LogP contribution in [0, 0.1) is 5.92 Å². The molecular weight excluding hydrogens is 176 g/mol. The summed E-state index contributed by atoms with van der Waals surface area (Å²) in [5.41, 5.74) is 0. The van der Waals surface area contributed by atoms with Gasteiger partial charge in [-0.1, -0.05) is 0 Å². The average Bonchev–Trinajstić information content (AvgIpc) is 3.00. The van der Waals surface area contributed by atoms with Gasteiger partial charge in [-0.25, -0.2) is 0 Å². The zero-order valence-corrected chi connectivity index (χ0v) is 9.17. The minimum absolute atomic E-state index is 0.588. The van der Waals surface area contributed by atoms with E-state index in [-0.39, 0.29) is 0 Å². The van der Waals surface area contributed by atoms with Gasteiger partial charge in [-0.05, 0) is 38.8 Å². The lowest BCUT2D eigenvalue weighted by atomic mass is 10.2. The van der Waals surface area contributed by atoms with Crippen LogP contribution in [0.2, 0.25) is 0 Å². The van der Waals surface area contributed by atoms with Crippen molar-refractivity contribution in [1.82, 2.24) is 10.2 Å². The Kier molecular flexibility index (Phi) is 3.79. The van der Waals surface area contributed by atoms with Crippen LogP contribution in [-0.2, 0) is 4.74 Å². The molecule has 1 aliphatic carbocycles. The molecule has 0 radical (unpaired) electrons. The maximum Gasteiger partial charge on any atom is 0.0620 e. The highest BCUT2D eigenvalue weighted by Crippen LogP contribution is 2.29. The number of hydrogen-bond donors (Lipinski definition) is 1. The molecule has 14 heavy (non-hydrogen) atoms. The summed E-state index contributed by atoms with van der Waals surface area (Å²) in [7, 11) is 2.24. The fraction of sp³-hybridized carbons (Fsp3) is 1.00. The summed E-state index contributed by atoms with van der Waals surface area (Å²) >= 11 is 0. The summed E-state index contributed by atoms with van der Waals surface area (Å²) in [6.45, 7) is 5.31. The molecule has 0 aromatic carbocycles. The van der Waals surface area contributed by atoms with E-state index < -0.39 is 0 Å². The molecule has 3 nitrogen and oxygen atoms in total. The van der Waals surface area contributed by atoms with Gasteiger partial charge in [-0.15, -0.1) is 0 Å². The van der Waals surface area contributed by atoms with Gasteiger partial charge < -0.3 is 15.0 Å². The number of ether oxygens (including phenoxy) is 1. The second-order valence-corrected chi connectivity index (χ2v) is 4.72. The highest BCUT2D eigenvalue weighted by molar-refractivity contribution is 4.77. The van der Waals surface area contributed by atoms with Crippen LogP contribution in [0.1, 0.15) is 19.3 Å². The lowest BCUT2D eigenvalue weighted by Crippen LogP contribution is -2.43. The third-order valence-corrected chi connectivity index (χ3v) is 3.12. The minimum atomic E-state index is 0.588. The topological polar surface area (TPSA) is 24.5 Å². The Morgan fingerprint density at radius 2 is 2.29 bits per heavy atom. The maximum atomic E-state index is 5.43. The van der Waals surface area contributed by atoms with Crippen LogP contribution < -0.4 is 5.32 Å². The van der Waals surface area contributed by atoms with Crippen molar-refractivity contribution < 1.29 is 4.74 Å². The van der Waals surface area contributed by atoms with E-state index in [9.17, 15) is 0 Å². The van der Waals surface area contributed by atoms with Crippen molar-refractivity contribution in [1.29, 1.82) is 0 Å². The fourth-order valence-electron chi connectivity index (χ4n) is 2.01. The Morgan fingerprint density at radius 1 is 1.43 bits per heavy atom. The Hall–Kier alpha value is -0.120. The summed E-state index contributed by atoms with van der Waals surface area (Å²) in [6.07, 6.45) is 4.13. The molecule has 1 N–H and O–H groups in total. The Bertz CT molecular complexity index is 165. The van der Waals surface area contributed by atoms with Crippen LogP contribution in [0.15, 0.2) is 0 Å². The highest BCUT2D eigenvalue weighted by Gasteiger charge is 2.23. The normalized spacial score (nSPS) is 28.3. The fourth-order valence-corrected chi connectivity index (χ4v) is 2.01. The first-order chi connectivity index (χ1) is 6.84. The molecule has 0 bridgehead atoms. The van der Waals surface area contributed by atoms with E-state index in [1.807, 2.05) is 0 Å². The first-order valence-corrected chi connectivity index (χ1v) is 5.84. The predicted octanol–water partition coefficient (Wildman–Crippen LogP) is 0.707. The van der Waals surface area contributed by atoms with Crippen LogP contribution in [0.5, 0.6) is 0 Å². The molecule has 0 aromatic heterocycles. The lowest BCUT2D eigenvalue weighted by Gasteiger charge is -2.26. The van der Waals surface area contributed by atoms with Gasteiger partial charge in [0.05, 0.1) is 13.2 Å². The lowest BCUT2D eigenvalue weighted by molar-refractivity contribution is 0.0709. The standard InChI is InChI=1S/C11H22N2O/c1-13(8-10-2-3-10)6-4-11-9-14-7-5-12-11/h10-12H,2-9H2,1H3. The smallest absolute Gasteiger partial charge is 0.0620 e. The molecule has 0 aromatic rings. The van der Waals surface area contributed by atoms with E-state index in [1.54, 1.807) is 0 Å². The van der Waals surface area contributed by atoms with Gasteiger partial charge in [0.1, 0.15) is 0 Å². The Balaban J connectivity index is 1.55. The molecule has 1 atom stereocenters. The number of hydrogen-bond acceptors (Lipinski definition) is 3. The molecule has 1 unspecified atom stereocenters. The number of nitrogens with one attached hydrogen (secondary N) is 1. The van der Waals surface area contributed by atoms with Crippen LogP contribution in [0.25, 0.3) is 0 Å². The SMILES string of the molecule is CN(CCC1COCCN1)CC1CC1. The molecule has 2 aliphatic rings. The average molecular weight is 198 g/mol. The number of rotatable bonds is 5. The number of nitrogens with zero attached hydrogens (tertiary/aromatic N) is 1. The zero-order valence-electron chi connectivity index (χ0n) is 9.17. The van der Waals surface area contributed by atoms with E-state index in [4.69, 9.17) is 4.74 Å². The maximum absolute atomic E-state index is 5.43. The molecule has 1 aliphatic heterocycles. The summed E-state index contributed by atoms with van der Waals surface area (Å²) in [5, 5.41) is 3.49.